The SMILES string of the molecule is O=C1S/C(=C\C=C\c2cccc([N+](=O)[O-])c2)C(=O)N1Cc1c(F)cccc1Cl. The largest absolute Gasteiger partial charge is 0.293 e. The van der Waals surface area contributed by atoms with Crippen LogP contribution >= 0.6 is 23.4 Å². The number of halogens is 2. The summed E-state index contributed by atoms with van der Waals surface area (Å²) in [6.07, 6.45) is 4.54. The zero-order valence-electron chi connectivity index (χ0n) is 14.2. The van der Waals surface area contributed by atoms with E-state index in [0.717, 1.165) is 16.7 Å². The molecule has 1 heterocycles. The molecule has 28 heavy (non-hydrogen) atoms. The zero-order valence-corrected chi connectivity index (χ0v) is 15.7. The van der Waals surface area contributed by atoms with E-state index >= 15 is 0 Å². The highest BCUT2D eigenvalue weighted by atomic mass is 35.5. The second-order valence-corrected chi connectivity index (χ2v) is 7.10. The second kappa shape index (κ2) is 8.37. The first-order valence-corrected chi connectivity index (χ1v) is 9.15. The van der Waals surface area contributed by atoms with E-state index in [1.807, 2.05) is 0 Å². The minimum Gasteiger partial charge on any atom is -0.268 e. The van der Waals surface area contributed by atoms with Gasteiger partial charge in [-0.15, -0.1) is 0 Å². The van der Waals surface area contributed by atoms with Crippen LogP contribution in [0.25, 0.3) is 6.08 Å². The van der Waals surface area contributed by atoms with E-state index in [2.05, 4.69) is 0 Å². The van der Waals surface area contributed by atoms with Crippen LogP contribution in [0.3, 0.4) is 0 Å². The summed E-state index contributed by atoms with van der Waals surface area (Å²) in [5.74, 6) is -1.15. The molecule has 0 unspecified atom stereocenters. The lowest BCUT2D eigenvalue weighted by atomic mass is 10.2. The van der Waals surface area contributed by atoms with Gasteiger partial charge >= 0.3 is 0 Å². The molecule has 2 aromatic carbocycles. The summed E-state index contributed by atoms with van der Waals surface area (Å²) in [4.78, 5) is 36.0. The lowest BCUT2D eigenvalue weighted by molar-refractivity contribution is -0.384. The summed E-state index contributed by atoms with van der Waals surface area (Å²) in [6.45, 7) is -0.262. The van der Waals surface area contributed by atoms with Gasteiger partial charge < -0.3 is 0 Å². The highest BCUT2D eigenvalue weighted by molar-refractivity contribution is 8.18. The summed E-state index contributed by atoms with van der Waals surface area (Å²) in [5.41, 5.74) is 0.590. The van der Waals surface area contributed by atoms with Crippen LogP contribution in [0.1, 0.15) is 11.1 Å². The van der Waals surface area contributed by atoms with Crippen molar-refractivity contribution in [1.29, 1.82) is 0 Å². The molecule has 3 rings (SSSR count). The molecule has 2 amide bonds. The normalized spacial score (nSPS) is 15.8. The number of benzene rings is 2. The number of rotatable bonds is 5. The minimum atomic E-state index is -0.596. The van der Waals surface area contributed by atoms with Gasteiger partial charge in [-0.3, -0.25) is 24.6 Å². The van der Waals surface area contributed by atoms with Crippen molar-refractivity contribution in [3.63, 3.8) is 0 Å². The third-order valence-corrected chi connectivity index (χ3v) is 5.15. The third kappa shape index (κ3) is 4.29. The number of hydrogen-bond acceptors (Lipinski definition) is 5. The van der Waals surface area contributed by atoms with Crippen LogP contribution in [0, 0.1) is 15.9 Å². The third-order valence-electron chi connectivity index (χ3n) is 3.87. The van der Waals surface area contributed by atoms with Crippen molar-refractivity contribution in [2.24, 2.45) is 0 Å². The molecule has 0 atom stereocenters. The second-order valence-electron chi connectivity index (χ2n) is 5.70. The summed E-state index contributed by atoms with van der Waals surface area (Å²) < 4.78 is 13.9. The molecule has 0 aliphatic carbocycles. The number of carbonyl (C=O) groups is 2. The van der Waals surface area contributed by atoms with Crippen LogP contribution in [-0.2, 0) is 11.3 Å². The molecule has 0 saturated carbocycles. The maximum absolute atomic E-state index is 13.9. The average Bonchev–Trinajstić information content (AvgIpc) is 2.92. The highest BCUT2D eigenvalue weighted by Gasteiger charge is 2.35. The number of carbonyl (C=O) groups excluding carboxylic acids is 2. The number of nitrogens with zero attached hydrogens (tertiary/aromatic N) is 2. The number of nitro groups is 1. The lowest BCUT2D eigenvalue weighted by Crippen LogP contribution is -2.28. The molecule has 0 aromatic heterocycles. The monoisotopic (exact) mass is 418 g/mol. The van der Waals surface area contributed by atoms with Gasteiger partial charge in [-0.1, -0.05) is 42.0 Å². The van der Waals surface area contributed by atoms with Crippen LogP contribution in [0.5, 0.6) is 0 Å². The number of allylic oxidation sites excluding steroid dienone is 2. The van der Waals surface area contributed by atoms with Crippen molar-refractivity contribution < 1.29 is 18.9 Å². The van der Waals surface area contributed by atoms with E-state index in [9.17, 15) is 24.1 Å². The van der Waals surface area contributed by atoms with Crippen molar-refractivity contribution in [1.82, 2.24) is 4.90 Å². The Kier molecular flexibility index (Phi) is 5.91. The quantitative estimate of drug-likeness (QED) is 0.379. The van der Waals surface area contributed by atoms with Gasteiger partial charge in [0.2, 0.25) is 0 Å². The fraction of sp³-hybridized carbons (Fsp3) is 0.0526. The Morgan fingerprint density at radius 3 is 2.68 bits per heavy atom. The lowest BCUT2D eigenvalue weighted by Gasteiger charge is -2.14. The Labute approximate surface area is 168 Å². The summed E-state index contributed by atoms with van der Waals surface area (Å²) in [7, 11) is 0. The van der Waals surface area contributed by atoms with E-state index in [1.165, 1.54) is 42.5 Å². The maximum Gasteiger partial charge on any atom is 0.293 e. The summed E-state index contributed by atoms with van der Waals surface area (Å²) in [5, 5.41) is 10.4. The fourth-order valence-corrected chi connectivity index (χ4v) is 3.49. The number of thioether (sulfide) groups is 1. The number of hydrogen-bond donors (Lipinski definition) is 0. The molecular weight excluding hydrogens is 407 g/mol. The van der Waals surface area contributed by atoms with Crippen LogP contribution in [0.2, 0.25) is 5.02 Å². The van der Waals surface area contributed by atoms with Crippen LogP contribution in [0.4, 0.5) is 14.9 Å². The van der Waals surface area contributed by atoms with Gasteiger partial charge in [0.05, 0.1) is 16.4 Å². The van der Waals surface area contributed by atoms with Gasteiger partial charge in [0.1, 0.15) is 5.82 Å². The molecule has 0 radical (unpaired) electrons. The first-order chi connectivity index (χ1) is 13.4. The van der Waals surface area contributed by atoms with Crippen LogP contribution in [-0.4, -0.2) is 21.0 Å². The number of non-ortho nitro benzene ring substituents is 1. The number of nitro benzene ring substituents is 1. The molecular formula is C19H12ClFN2O4S. The van der Waals surface area contributed by atoms with Gasteiger partial charge in [-0.25, -0.2) is 4.39 Å². The van der Waals surface area contributed by atoms with E-state index in [1.54, 1.807) is 18.2 Å². The molecule has 1 aliphatic heterocycles. The Hall–Kier alpha value is -2.97. The Balaban J connectivity index is 1.76. The van der Waals surface area contributed by atoms with Crippen molar-refractivity contribution in [2.75, 3.05) is 0 Å². The van der Waals surface area contributed by atoms with E-state index < -0.39 is 21.9 Å². The van der Waals surface area contributed by atoms with Gasteiger partial charge in [0.15, 0.2) is 0 Å². The number of imide groups is 1. The Bertz CT molecular complexity index is 1020. The summed E-state index contributed by atoms with van der Waals surface area (Å²) in [6, 6.07) is 10.1. The van der Waals surface area contributed by atoms with E-state index in [0.29, 0.717) is 5.56 Å². The van der Waals surface area contributed by atoms with Crippen molar-refractivity contribution in [3.8, 4) is 0 Å². The summed E-state index contributed by atoms with van der Waals surface area (Å²) >= 11 is 6.69. The smallest absolute Gasteiger partial charge is 0.268 e. The first kappa shape index (κ1) is 19.8. The van der Waals surface area contributed by atoms with Gasteiger partial charge in [-0.05, 0) is 35.5 Å². The van der Waals surface area contributed by atoms with Gasteiger partial charge in [0.25, 0.3) is 16.8 Å². The minimum absolute atomic E-state index is 0.0516. The highest BCUT2D eigenvalue weighted by Crippen LogP contribution is 2.33. The van der Waals surface area contributed by atoms with E-state index in [4.69, 9.17) is 11.6 Å². The molecule has 6 nitrogen and oxygen atoms in total. The maximum atomic E-state index is 13.9. The van der Waals surface area contributed by atoms with Crippen molar-refractivity contribution in [2.45, 2.75) is 6.54 Å². The predicted octanol–water partition coefficient (Wildman–Crippen LogP) is 5.18. The Morgan fingerprint density at radius 1 is 1.21 bits per heavy atom. The fourth-order valence-electron chi connectivity index (χ4n) is 2.48. The molecule has 0 bridgehead atoms. The molecule has 142 valence electrons. The predicted molar refractivity (Wildman–Crippen MR) is 105 cm³/mol. The Morgan fingerprint density at radius 2 is 1.96 bits per heavy atom. The van der Waals surface area contributed by atoms with E-state index in [-0.39, 0.29) is 27.7 Å². The average molecular weight is 419 g/mol. The van der Waals surface area contributed by atoms with Crippen LogP contribution in [0.15, 0.2) is 59.5 Å². The van der Waals surface area contributed by atoms with Crippen LogP contribution < -0.4 is 0 Å². The first-order valence-electron chi connectivity index (χ1n) is 7.96. The van der Waals surface area contributed by atoms with Crippen molar-refractivity contribution in [3.05, 3.63) is 91.6 Å². The molecule has 0 N–H and O–H groups in total. The zero-order chi connectivity index (χ0) is 20.3. The topological polar surface area (TPSA) is 80.5 Å². The molecule has 9 heteroatoms. The standard InChI is InChI=1S/C19H12ClFN2O4S/c20-15-7-3-8-16(21)14(15)11-22-18(24)17(28-19(22)25)9-2-5-12-4-1-6-13(10-12)23(26)27/h1-10H,11H2/b5-2+,17-9-. The van der Waals surface area contributed by atoms with Crippen molar-refractivity contribution >= 4 is 46.3 Å². The molecule has 1 aliphatic rings. The van der Waals surface area contributed by atoms with Gasteiger partial charge in [-0.2, -0.15) is 0 Å². The van der Waals surface area contributed by atoms with Gasteiger partial charge in [0, 0.05) is 22.7 Å². The molecule has 2 aromatic rings. The number of amides is 2. The molecule has 0 spiro atoms. The molecule has 1 saturated heterocycles. The molecule has 1 fully saturated rings.